The zero-order chi connectivity index (χ0) is 65.3. The van der Waals surface area contributed by atoms with E-state index in [0.717, 1.165) is 11.3 Å². The zero-order valence-corrected chi connectivity index (χ0v) is 47.1. The Kier molecular flexibility index (Phi) is 17.5. The average Bonchev–Trinajstić information content (AvgIpc) is 1.44. The Hall–Kier alpha value is -4.87. The second kappa shape index (κ2) is 23.4. The van der Waals surface area contributed by atoms with Gasteiger partial charge in [0.25, 0.3) is 0 Å². The summed E-state index contributed by atoms with van der Waals surface area (Å²) < 4.78 is 0.298. The molecule has 10 rings (SSSR count). The largest absolute Gasteiger partial charge is 0.208 e. The summed E-state index contributed by atoms with van der Waals surface area (Å²) in [6, 6.07) is 0. The van der Waals surface area contributed by atoms with E-state index >= 15 is 0 Å². The van der Waals surface area contributed by atoms with E-state index in [9.17, 15) is 0 Å². The van der Waals surface area contributed by atoms with Gasteiger partial charge in [0.1, 0.15) is 259 Å². The van der Waals surface area contributed by atoms with Crippen molar-refractivity contribution in [2.24, 2.45) is 0 Å². The Bertz CT molecular complexity index is 4700. The molecule has 0 saturated heterocycles. The Morgan fingerprint density at radius 1 is 0.136 bits per heavy atom. The monoisotopic (exact) mass is 1050 g/mol. The van der Waals surface area contributed by atoms with Crippen LogP contribution in [0.25, 0.3) is 98.8 Å². The molecule has 8 aromatic carbocycles. The van der Waals surface area contributed by atoms with Crippen LogP contribution in [0.15, 0.2) is 0 Å². The summed E-state index contributed by atoms with van der Waals surface area (Å²) in [5.41, 5.74) is -8.55. The number of nitrogens with zero attached hydrogens (tertiary/aromatic N) is 3. The molecule has 0 aliphatic carbocycles. The second-order valence-corrected chi connectivity index (χ2v) is 21.6. The van der Waals surface area contributed by atoms with Crippen LogP contribution < -0.4 is 180 Å². The fourth-order valence-electron chi connectivity index (χ4n) is 11.0. The van der Waals surface area contributed by atoms with Crippen LogP contribution in [-0.2, 0) is 0 Å². The van der Waals surface area contributed by atoms with Gasteiger partial charge in [0.05, 0.1) is 0 Å². The first kappa shape index (κ1) is 66.1. The Balaban J connectivity index is 1.43. The van der Waals surface area contributed by atoms with Crippen molar-refractivity contribution in [1.29, 1.82) is 0 Å². The van der Waals surface area contributed by atoms with Gasteiger partial charge in [-0.3, -0.25) is 0 Å². The van der Waals surface area contributed by atoms with Crippen molar-refractivity contribution in [1.82, 2.24) is 15.0 Å². The van der Waals surface area contributed by atoms with Crippen LogP contribution in [0.1, 0.15) is 0 Å². The van der Waals surface area contributed by atoms with E-state index in [0.29, 0.717) is 0 Å². The van der Waals surface area contributed by atoms with Crippen molar-refractivity contribution < 1.29 is 0 Å². The highest BCUT2D eigenvalue weighted by atomic mass is 32.1. The smallest absolute Gasteiger partial charge is 0.162 e. The highest BCUT2D eigenvalue weighted by molar-refractivity contribution is 7.27. The predicted molar refractivity (Wildman–Crippen MR) is 409 cm³/mol. The minimum Gasteiger partial charge on any atom is -0.208 e. The summed E-state index contributed by atoms with van der Waals surface area (Å²) >= 11 is 0.939. The van der Waals surface area contributed by atoms with Gasteiger partial charge in [-0.2, -0.15) is 0 Å². The number of rotatable bonds is 7. The molecular formula is C51B33N3S. The number of hydrogen-bond acceptors (Lipinski definition) is 4. The molecule has 0 amide bonds. The van der Waals surface area contributed by atoms with Crippen LogP contribution >= 0.6 is 11.3 Å². The summed E-state index contributed by atoms with van der Waals surface area (Å²) in [7, 11) is 222. The maximum absolute atomic E-state index is 7.53. The molecule has 0 fully saturated rings. The number of thiophene rings is 1. The SMILES string of the molecule is [B]c1c([B])c([B])c(-c2nc(-c3c([B])c([B])c([B])c([B])c3[B])nc(-c3c([B])c(-c4c([B])c([B])c([B])c([B])c4[B])c([B])c(-c4c([B])c([B])c([B])c5c4sc4c(-c6c([B])c([B])c([B])c(-c7c([B])c([B])c([B])c([B])c7[B])c6[B])c([B])c([B])c([B])c45)c3[B])n2)c([B])c1[B]. The third kappa shape index (κ3) is 9.42. The minimum absolute atomic E-state index is 0.0186. The summed E-state index contributed by atoms with van der Waals surface area (Å²) in [4.78, 5) is 14.4. The Morgan fingerprint density at radius 3 is 0.534 bits per heavy atom. The molecule has 0 aliphatic heterocycles. The number of benzene rings is 8. The van der Waals surface area contributed by atoms with E-state index in [4.69, 9.17) is 274 Å². The van der Waals surface area contributed by atoms with Crippen molar-refractivity contribution in [2.75, 3.05) is 0 Å². The molecule has 0 bridgehead atoms. The molecule has 88 heavy (non-hydrogen) atoms. The first-order valence-electron chi connectivity index (χ1n) is 25.3. The van der Waals surface area contributed by atoms with Crippen LogP contribution in [0.2, 0.25) is 0 Å². The standard InChI is InChI=1S/C51B33N3S/c52-14-1(3-19(57)35(73)43(81)36(74)20(3)58)16(54)11(49-85-50(12-28(66)39(77)45(83)40(78)29(12)67)87-51(86-49)13-30(68)41(79)46(84)42(80)31(13)69)17(55)5(14)7-24(62)33(71)26(64)9-10-27(65)34(72)25(63)8(48(10)88-47(7)9)6-15(53)2(18(56)32(70)23(6)61)4-21(59)37(75)44(82)38(76)22(4)60. The maximum Gasteiger partial charge on any atom is 0.162 e. The fraction of sp³-hybridized carbons (Fsp3) is 0. The van der Waals surface area contributed by atoms with E-state index in [1.54, 1.807) is 0 Å². The molecule has 37 heteroatoms. The summed E-state index contributed by atoms with van der Waals surface area (Å²) in [6.07, 6.45) is 0. The van der Waals surface area contributed by atoms with Gasteiger partial charge in [-0.15, -0.1) is 93.3 Å². The molecule has 0 spiro atoms. The van der Waals surface area contributed by atoms with E-state index in [1.165, 1.54) is 0 Å². The average molecular weight is 1040 g/mol. The zero-order valence-electron chi connectivity index (χ0n) is 46.3. The number of aromatic nitrogens is 3. The van der Waals surface area contributed by atoms with Crippen LogP contribution in [-0.4, -0.2) is 274 Å². The molecule has 0 unspecified atom stereocenters. The van der Waals surface area contributed by atoms with Crippen molar-refractivity contribution in [3.63, 3.8) is 0 Å². The van der Waals surface area contributed by atoms with Crippen molar-refractivity contribution in [3.05, 3.63) is 0 Å². The topological polar surface area (TPSA) is 38.7 Å². The maximum atomic E-state index is 7.53. The minimum atomic E-state index is -0.443. The molecule has 0 N–H and O–H groups in total. The Morgan fingerprint density at radius 2 is 0.273 bits per heavy atom. The van der Waals surface area contributed by atoms with E-state index in [-0.39, 0.29) is 273 Å². The third-order valence-corrected chi connectivity index (χ3v) is 17.2. The molecule has 2 heterocycles. The molecule has 2 aromatic heterocycles. The first-order chi connectivity index (χ1) is 41.0. The van der Waals surface area contributed by atoms with Gasteiger partial charge < -0.3 is 0 Å². The highest BCUT2D eigenvalue weighted by Gasteiger charge is 2.32. The fourth-order valence-corrected chi connectivity index (χ4v) is 12.4. The molecule has 10 aromatic rings. The quantitative estimate of drug-likeness (QED) is 0.149. The van der Waals surface area contributed by atoms with Gasteiger partial charge in [-0.25, -0.2) is 15.0 Å². The Labute approximate surface area is 560 Å². The van der Waals surface area contributed by atoms with Gasteiger partial charge in [0.2, 0.25) is 0 Å². The van der Waals surface area contributed by atoms with E-state index in [1.807, 2.05) is 0 Å². The van der Waals surface area contributed by atoms with Gasteiger partial charge in [-0.1, -0.05) is 98.3 Å². The summed E-state index contributed by atoms with van der Waals surface area (Å²) in [5, 5.41) is 0.211. The number of hydrogen-bond donors (Lipinski definition) is 0. The van der Waals surface area contributed by atoms with Crippen molar-refractivity contribution >= 4 is 471 Å². The first-order valence-corrected chi connectivity index (χ1v) is 26.1. The van der Waals surface area contributed by atoms with Gasteiger partial charge in [-0.05, 0) is 55.3 Å². The van der Waals surface area contributed by atoms with Crippen LogP contribution in [0.3, 0.4) is 0 Å². The second-order valence-electron chi connectivity index (χ2n) is 20.6. The molecule has 0 aliphatic rings. The molecule has 324 valence electrons. The lowest BCUT2D eigenvalue weighted by atomic mass is 9.55. The summed E-state index contributed by atoms with van der Waals surface area (Å²) in [5.74, 6) is -1.19. The van der Waals surface area contributed by atoms with Gasteiger partial charge in [0, 0.05) is 26.1 Å². The third-order valence-electron chi connectivity index (χ3n) is 16.0. The van der Waals surface area contributed by atoms with Crippen LogP contribution in [0.5, 0.6) is 0 Å². The van der Waals surface area contributed by atoms with E-state index < -0.39 is 5.82 Å². The van der Waals surface area contributed by atoms with Crippen molar-refractivity contribution in [2.45, 2.75) is 0 Å². The predicted octanol–water partition coefficient (Wildman–Crippen LogP) is -25.9. The highest BCUT2D eigenvalue weighted by Crippen LogP contribution is 2.40. The van der Waals surface area contributed by atoms with Crippen LogP contribution in [0.4, 0.5) is 0 Å². The normalized spacial score (nSPS) is 11.5. The lowest BCUT2D eigenvalue weighted by molar-refractivity contribution is 1.08. The number of fused-ring (bicyclic) bond motifs is 3. The lowest BCUT2D eigenvalue weighted by Crippen LogP contribution is -2.57. The van der Waals surface area contributed by atoms with Gasteiger partial charge >= 0.3 is 0 Å². The molecule has 66 radical (unpaired) electrons. The molecule has 0 saturated carbocycles. The lowest BCUT2D eigenvalue weighted by Gasteiger charge is -2.30. The molecular weight excluding hydrogens is 1040 g/mol. The van der Waals surface area contributed by atoms with Gasteiger partial charge in [0.15, 0.2) is 17.5 Å². The van der Waals surface area contributed by atoms with Crippen LogP contribution in [0, 0.1) is 0 Å². The summed E-state index contributed by atoms with van der Waals surface area (Å²) in [6.45, 7) is 0. The van der Waals surface area contributed by atoms with Crippen molar-refractivity contribution in [3.8, 4) is 78.7 Å². The van der Waals surface area contributed by atoms with E-state index in [2.05, 4.69) is 0 Å². The molecule has 3 nitrogen and oxygen atoms in total. The molecule has 0 atom stereocenters.